The molecule has 0 bridgehead atoms. The number of carbonyl (C=O) groups is 1. The fourth-order valence-electron chi connectivity index (χ4n) is 1.90. The van der Waals surface area contributed by atoms with Crippen molar-refractivity contribution in [2.75, 3.05) is 0 Å². The van der Waals surface area contributed by atoms with Gasteiger partial charge in [-0.3, -0.25) is 4.79 Å². The van der Waals surface area contributed by atoms with Gasteiger partial charge < -0.3 is 15.8 Å². The van der Waals surface area contributed by atoms with Crippen LogP contribution in [0.5, 0.6) is 0 Å². The zero-order chi connectivity index (χ0) is 13.0. The van der Waals surface area contributed by atoms with Crippen LogP contribution in [0.4, 0.5) is 0 Å². The molecule has 1 atom stereocenters. The molecule has 0 radical (unpaired) electrons. The van der Waals surface area contributed by atoms with E-state index in [1.54, 1.807) is 6.20 Å². The maximum Gasteiger partial charge on any atom is 0.324 e. The van der Waals surface area contributed by atoms with Crippen molar-refractivity contribution in [3.63, 3.8) is 0 Å². The highest BCUT2D eigenvalue weighted by atomic mass is 16.4. The Labute approximate surface area is 105 Å². The summed E-state index contributed by atoms with van der Waals surface area (Å²) in [5, 5.41) is 9.33. The van der Waals surface area contributed by atoms with Crippen LogP contribution in [-0.2, 0) is 17.6 Å². The second kappa shape index (κ2) is 5.01. The number of carboxylic acid groups (broad SMARTS) is 1. The van der Waals surface area contributed by atoms with Gasteiger partial charge in [0.1, 0.15) is 5.54 Å². The van der Waals surface area contributed by atoms with Gasteiger partial charge in [0.15, 0.2) is 0 Å². The smallest absolute Gasteiger partial charge is 0.324 e. The lowest BCUT2D eigenvalue weighted by Gasteiger charge is -2.24. The Morgan fingerprint density at radius 2 is 2.06 bits per heavy atom. The van der Waals surface area contributed by atoms with E-state index in [1.165, 1.54) is 6.33 Å². The fourth-order valence-corrected chi connectivity index (χ4v) is 1.90. The molecule has 0 aliphatic heterocycles. The summed E-state index contributed by atoms with van der Waals surface area (Å²) in [4.78, 5) is 18.1. The number of H-pyrrole nitrogens is 1. The predicted molar refractivity (Wildman–Crippen MR) is 67.0 cm³/mol. The number of nitrogens with one attached hydrogen (secondary N) is 1. The third-order valence-corrected chi connectivity index (χ3v) is 2.85. The number of nitrogens with zero attached hydrogens (tertiary/aromatic N) is 1. The molecule has 0 unspecified atom stereocenters. The van der Waals surface area contributed by atoms with Crippen LogP contribution in [0.2, 0.25) is 0 Å². The third kappa shape index (κ3) is 2.75. The second-order valence-corrected chi connectivity index (χ2v) is 4.38. The topological polar surface area (TPSA) is 92.0 Å². The molecule has 2 aromatic rings. The van der Waals surface area contributed by atoms with E-state index in [-0.39, 0.29) is 12.8 Å². The molecule has 0 saturated heterocycles. The lowest BCUT2D eigenvalue weighted by atomic mass is 9.87. The van der Waals surface area contributed by atoms with Crippen LogP contribution in [0.15, 0.2) is 42.9 Å². The summed E-state index contributed by atoms with van der Waals surface area (Å²) < 4.78 is 0. The normalized spacial score (nSPS) is 14.1. The summed E-state index contributed by atoms with van der Waals surface area (Å²) in [5.41, 5.74) is 6.31. The molecule has 0 spiro atoms. The van der Waals surface area contributed by atoms with Crippen LogP contribution >= 0.6 is 0 Å². The molecule has 18 heavy (non-hydrogen) atoms. The van der Waals surface area contributed by atoms with Crippen molar-refractivity contribution in [1.29, 1.82) is 0 Å². The minimum atomic E-state index is -1.33. The quantitative estimate of drug-likeness (QED) is 0.732. The zero-order valence-electron chi connectivity index (χ0n) is 9.84. The fraction of sp³-hybridized carbons (Fsp3) is 0.231. The summed E-state index contributed by atoms with van der Waals surface area (Å²) in [7, 11) is 0. The van der Waals surface area contributed by atoms with Gasteiger partial charge in [0.25, 0.3) is 0 Å². The lowest BCUT2D eigenvalue weighted by Crippen LogP contribution is -2.51. The summed E-state index contributed by atoms with van der Waals surface area (Å²) >= 11 is 0. The Balaban J connectivity index is 2.19. The number of aromatic nitrogens is 2. The van der Waals surface area contributed by atoms with E-state index in [9.17, 15) is 9.90 Å². The number of nitrogens with two attached hydrogens (primary N) is 1. The monoisotopic (exact) mass is 245 g/mol. The highest BCUT2D eigenvalue weighted by molar-refractivity contribution is 5.79. The van der Waals surface area contributed by atoms with E-state index in [1.807, 2.05) is 30.3 Å². The molecule has 4 N–H and O–H groups in total. The van der Waals surface area contributed by atoms with E-state index < -0.39 is 11.5 Å². The number of rotatable bonds is 5. The standard InChI is InChI=1S/C13H15N3O2/c14-13(12(17)18,7-11-8-15-9-16-11)6-10-4-2-1-3-5-10/h1-5,8-9H,6-7,14H2,(H,15,16)(H,17,18)/t13-/m1/s1. The molecule has 0 amide bonds. The van der Waals surface area contributed by atoms with Gasteiger partial charge in [-0.2, -0.15) is 0 Å². The Bertz CT molecular complexity index is 510. The summed E-state index contributed by atoms with van der Waals surface area (Å²) in [5.74, 6) is -1.01. The molecule has 2 rings (SSSR count). The first-order chi connectivity index (χ1) is 8.60. The van der Waals surface area contributed by atoms with Gasteiger partial charge in [-0.25, -0.2) is 4.98 Å². The molecule has 0 saturated carbocycles. The van der Waals surface area contributed by atoms with Crippen LogP contribution in [-0.4, -0.2) is 26.6 Å². The van der Waals surface area contributed by atoms with Gasteiger partial charge in [-0.15, -0.1) is 0 Å². The first kappa shape index (κ1) is 12.3. The molecular formula is C13H15N3O2. The van der Waals surface area contributed by atoms with Crippen molar-refractivity contribution >= 4 is 5.97 Å². The van der Waals surface area contributed by atoms with Crippen molar-refractivity contribution in [2.24, 2.45) is 5.73 Å². The average molecular weight is 245 g/mol. The largest absolute Gasteiger partial charge is 0.480 e. The Hall–Kier alpha value is -2.14. The first-order valence-electron chi connectivity index (χ1n) is 5.64. The van der Waals surface area contributed by atoms with Gasteiger partial charge in [0, 0.05) is 24.7 Å². The number of imidazole rings is 1. The minimum Gasteiger partial charge on any atom is -0.480 e. The molecule has 1 aromatic carbocycles. The number of carboxylic acids is 1. The highest BCUT2D eigenvalue weighted by Gasteiger charge is 2.34. The van der Waals surface area contributed by atoms with E-state index in [4.69, 9.17) is 5.73 Å². The highest BCUT2D eigenvalue weighted by Crippen LogP contribution is 2.16. The first-order valence-corrected chi connectivity index (χ1v) is 5.64. The molecule has 0 aliphatic carbocycles. The zero-order valence-corrected chi connectivity index (χ0v) is 9.84. The Morgan fingerprint density at radius 3 is 2.61 bits per heavy atom. The van der Waals surface area contributed by atoms with Crippen LogP contribution in [0, 0.1) is 0 Å². The van der Waals surface area contributed by atoms with Gasteiger partial charge in [0.2, 0.25) is 0 Å². The van der Waals surface area contributed by atoms with E-state index in [0.717, 1.165) is 11.3 Å². The maximum absolute atomic E-state index is 11.4. The van der Waals surface area contributed by atoms with Crippen LogP contribution in [0.1, 0.15) is 11.3 Å². The Kier molecular flexibility index (Phi) is 3.43. The predicted octanol–water partition coefficient (Wildman–Crippen LogP) is 0.977. The average Bonchev–Trinajstić information content (AvgIpc) is 2.82. The van der Waals surface area contributed by atoms with Crippen molar-refractivity contribution in [3.8, 4) is 0 Å². The third-order valence-electron chi connectivity index (χ3n) is 2.85. The second-order valence-electron chi connectivity index (χ2n) is 4.38. The van der Waals surface area contributed by atoms with Gasteiger partial charge in [0.05, 0.1) is 6.33 Å². The van der Waals surface area contributed by atoms with Gasteiger partial charge in [-0.05, 0) is 5.56 Å². The van der Waals surface area contributed by atoms with E-state index in [2.05, 4.69) is 9.97 Å². The van der Waals surface area contributed by atoms with E-state index >= 15 is 0 Å². The molecule has 5 heteroatoms. The number of benzene rings is 1. The van der Waals surface area contributed by atoms with E-state index in [0.29, 0.717) is 0 Å². The van der Waals surface area contributed by atoms with Crippen molar-refractivity contribution in [3.05, 3.63) is 54.1 Å². The van der Waals surface area contributed by atoms with Crippen molar-refractivity contribution in [2.45, 2.75) is 18.4 Å². The minimum absolute atomic E-state index is 0.219. The maximum atomic E-state index is 11.4. The van der Waals surface area contributed by atoms with Gasteiger partial charge >= 0.3 is 5.97 Å². The summed E-state index contributed by atoms with van der Waals surface area (Å²) in [6.07, 6.45) is 3.61. The number of hydrogen-bond donors (Lipinski definition) is 3. The molecule has 0 fully saturated rings. The number of aliphatic carboxylic acids is 1. The number of aromatic amines is 1. The molecule has 1 aromatic heterocycles. The van der Waals surface area contributed by atoms with Crippen LogP contribution in [0.3, 0.4) is 0 Å². The SMILES string of the molecule is N[C@](Cc1ccccc1)(Cc1cnc[nH]1)C(=O)O. The Morgan fingerprint density at radius 1 is 1.33 bits per heavy atom. The van der Waals surface area contributed by atoms with Crippen molar-refractivity contribution < 1.29 is 9.90 Å². The number of hydrogen-bond acceptors (Lipinski definition) is 3. The van der Waals surface area contributed by atoms with Gasteiger partial charge in [-0.1, -0.05) is 30.3 Å². The summed E-state index contributed by atoms with van der Waals surface area (Å²) in [6.45, 7) is 0. The van der Waals surface area contributed by atoms with Crippen LogP contribution < -0.4 is 5.73 Å². The molecule has 1 heterocycles. The van der Waals surface area contributed by atoms with Crippen molar-refractivity contribution in [1.82, 2.24) is 9.97 Å². The molecular weight excluding hydrogens is 230 g/mol. The lowest BCUT2D eigenvalue weighted by molar-refractivity contribution is -0.143. The van der Waals surface area contributed by atoms with Crippen LogP contribution in [0.25, 0.3) is 0 Å². The molecule has 0 aliphatic rings. The molecule has 5 nitrogen and oxygen atoms in total. The summed E-state index contributed by atoms with van der Waals surface area (Å²) in [6, 6.07) is 9.37. The molecule has 94 valence electrons.